The van der Waals surface area contributed by atoms with E-state index >= 15 is 0 Å². The first-order valence-corrected chi connectivity index (χ1v) is 10.5. The Morgan fingerprint density at radius 3 is 3.04 bits per heavy atom. The molecule has 0 radical (unpaired) electrons. The highest BCUT2D eigenvalue weighted by molar-refractivity contribution is 8.01. The minimum Gasteiger partial charge on any atom is -0.389 e. The Morgan fingerprint density at radius 1 is 1.40 bits per heavy atom. The molecule has 0 bridgehead atoms. The lowest BCUT2D eigenvalue weighted by molar-refractivity contribution is -0.218. The minimum atomic E-state index is -0.774. The Labute approximate surface area is 155 Å². The molecule has 138 valence electrons. The molecule has 9 heteroatoms. The van der Waals surface area contributed by atoms with Crippen LogP contribution in [0.1, 0.15) is 17.8 Å². The highest BCUT2D eigenvalue weighted by Crippen LogP contribution is 2.44. The van der Waals surface area contributed by atoms with Crippen molar-refractivity contribution in [3.05, 3.63) is 5.01 Å². The third-order valence-electron chi connectivity index (χ3n) is 5.60. The molecule has 3 saturated heterocycles. The molecule has 0 spiro atoms. The van der Waals surface area contributed by atoms with Gasteiger partial charge in [0.2, 0.25) is 5.91 Å². The molecular formula is C16H23N3O4S2. The molecule has 0 aromatic carbocycles. The van der Waals surface area contributed by atoms with Crippen molar-refractivity contribution in [3.8, 4) is 0 Å². The molecule has 3 aliphatic rings. The van der Waals surface area contributed by atoms with Crippen molar-refractivity contribution in [1.29, 1.82) is 0 Å². The van der Waals surface area contributed by atoms with E-state index in [1.165, 1.54) is 23.1 Å². The number of amides is 1. The summed E-state index contributed by atoms with van der Waals surface area (Å²) in [6.45, 7) is 4.72. The zero-order chi connectivity index (χ0) is 17.4. The predicted molar refractivity (Wildman–Crippen MR) is 93.7 cm³/mol. The van der Waals surface area contributed by atoms with Crippen molar-refractivity contribution < 1.29 is 19.4 Å². The standard InChI is InChI=1S/C16H23N3O4S2/c1-10-17-18-15(25-10)24-9-14(20)19-6-11-7-23-5-3-16(11,21)12-8-22-4-2-13(12)19/h11-13,21H,2-9H2,1H3/t11-,12+,13-,16-/m0/s1. The van der Waals surface area contributed by atoms with Crippen LogP contribution >= 0.6 is 23.1 Å². The maximum absolute atomic E-state index is 12.9. The molecule has 0 saturated carbocycles. The zero-order valence-corrected chi connectivity index (χ0v) is 15.9. The van der Waals surface area contributed by atoms with Gasteiger partial charge < -0.3 is 19.5 Å². The number of likely N-dealkylation sites (tertiary alicyclic amines) is 1. The number of thioether (sulfide) groups is 1. The SMILES string of the molecule is Cc1nnc(SCC(=O)N2C[C@H]3COCC[C@@]3(O)[C@@H]3COCC[C@@H]32)s1. The Morgan fingerprint density at radius 2 is 2.24 bits per heavy atom. The predicted octanol–water partition coefficient (Wildman–Crippen LogP) is 0.954. The highest BCUT2D eigenvalue weighted by Gasteiger charge is 2.56. The van der Waals surface area contributed by atoms with Crippen molar-refractivity contribution in [2.24, 2.45) is 11.8 Å². The summed E-state index contributed by atoms with van der Waals surface area (Å²) in [7, 11) is 0. The lowest BCUT2D eigenvalue weighted by atomic mass is 9.66. The average molecular weight is 386 g/mol. The van der Waals surface area contributed by atoms with Crippen LogP contribution < -0.4 is 0 Å². The minimum absolute atomic E-state index is 0.0263. The molecule has 1 aromatic heterocycles. The molecule has 1 aromatic rings. The van der Waals surface area contributed by atoms with E-state index in [1.54, 1.807) is 0 Å². The summed E-state index contributed by atoms with van der Waals surface area (Å²) in [4.78, 5) is 14.9. The van der Waals surface area contributed by atoms with Gasteiger partial charge in [-0.25, -0.2) is 0 Å². The fraction of sp³-hybridized carbons (Fsp3) is 0.812. The molecule has 3 fully saturated rings. The third-order valence-corrected chi connectivity index (χ3v) is 7.56. The van der Waals surface area contributed by atoms with Gasteiger partial charge in [0.25, 0.3) is 0 Å². The topological polar surface area (TPSA) is 84.8 Å². The Bertz CT molecular complexity index is 643. The second-order valence-corrected chi connectivity index (χ2v) is 9.38. The van der Waals surface area contributed by atoms with Crippen LogP contribution in [0.15, 0.2) is 4.34 Å². The normalized spacial score (nSPS) is 35.1. The Balaban J connectivity index is 1.49. The van der Waals surface area contributed by atoms with Crippen LogP contribution in [-0.2, 0) is 14.3 Å². The molecule has 4 rings (SSSR count). The van der Waals surface area contributed by atoms with E-state index in [0.717, 1.165) is 15.8 Å². The summed E-state index contributed by atoms with van der Waals surface area (Å²) in [5.74, 6) is 0.385. The molecule has 25 heavy (non-hydrogen) atoms. The number of hydrogen-bond acceptors (Lipinski definition) is 8. The molecular weight excluding hydrogens is 362 g/mol. The fourth-order valence-electron chi connectivity index (χ4n) is 4.29. The van der Waals surface area contributed by atoms with E-state index in [-0.39, 0.29) is 23.8 Å². The number of piperidine rings is 1. The summed E-state index contributed by atoms with van der Waals surface area (Å²) >= 11 is 2.95. The van der Waals surface area contributed by atoms with E-state index in [1.807, 2.05) is 11.8 Å². The smallest absolute Gasteiger partial charge is 0.233 e. The second kappa shape index (κ2) is 7.11. The van der Waals surface area contributed by atoms with Crippen molar-refractivity contribution >= 4 is 29.0 Å². The maximum atomic E-state index is 12.9. The van der Waals surface area contributed by atoms with Crippen LogP contribution in [0.4, 0.5) is 0 Å². The number of rotatable bonds is 3. The third kappa shape index (κ3) is 3.32. The second-order valence-electron chi connectivity index (χ2n) is 6.97. The first-order valence-electron chi connectivity index (χ1n) is 8.68. The Kier molecular flexibility index (Phi) is 5.02. The zero-order valence-electron chi connectivity index (χ0n) is 14.2. The quantitative estimate of drug-likeness (QED) is 0.776. The molecule has 1 amide bonds. The molecule has 4 atom stereocenters. The number of nitrogens with zero attached hydrogens (tertiary/aromatic N) is 3. The lowest BCUT2D eigenvalue weighted by Crippen LogP contribution is -2.69. The number of aryl methyl sites for hydroxylation is 1. The number of aliphatic hydroxyl groups is 1. The summed E-state index contributed by atoms with van der Waals surface area (Å²) < 4.78 is 12.1. The monoisotopic (exact) mass is 385 g/mol. The van der Waals surface area contributed by atoms with E-state index in [4.69, 9.17) is 9.47 Å². The van der Waals surface area contributed by atoms with Crippen LogP contribution in [0.5, 0.6) is 0 Å². The van der Waals surface area contributed by atoms with Gasteiger partial charge in [-0.3, -0.25) is 4.79 Å². The largest absolute Gasteiger partial charge is 0.389 e. The van der Waals surface area contributed by atoms with Crippen molar-refractivity contribution in [2.75, 3.05) is 38.7 Å². The average Bonchev–Trinajstić information content (AvgIpc) is 3.04. The Hall–Kier alpha value is -0.740. The van der Waals surface area contributed by atoms with Crippen LogP contribution in [0.25, 0.3) is 0 Å². The highest BCUT2D eigenvalue weighted by atomic mass is 32.2. The van der Waals surface area contributed by atoms with Gasteiger partial charge >= 0.3 is 0 Å². The van der Waals surface area contributed by atoms with Crippen molar-refractivity contribution in [2.45, 2.75) is 35.7 Å². The number of ether oxygens (including phenoxy) is 2. The fourth-order valence-corrected chi connectivity index (χ4v) is 5.99. The van der Waals surface area contributed by atoms with Crippen LogP contribution in [0.3, 0.4) is 0 Å². The van der Waals surface area contributed by atoms with E-state index in [0.29, 0.717) is 45.1 Å². The van der Waals surface area contributed by atoms with E-state index in [2.05, 4.69) is 10.2 Å². The maximum Gasteiger partial charge on any atom is 0.233 e. The number of aromatic nitrogens is 2. The van der Waals surface area contributed by atoms with Gasteiger partial charge in [-0.05, 0) is 13.3 Å². The summed E-state index contributed by atoms with van der Waals surface area (Å²) in [6.07, 6.45) is 1.41. The number of carbonyl (C=O) groups is 1. The van der Waals surface area contributed by atoms with E-state index < -0.39 is 5.60 Å². The van der Waals surface area contributed by atoms with Gasteiger partial charge in [-0.2, -0.15) is 0 Å². The van der Waals surface area contributed by atoms with Gasteiger partial charge in [0.05, 0.1) is 24.6 Å². The molecule has 4 heterocycles. The molecule has 1 N–H and O–H groups in total. The molecule has 0 unspecified atom stereocenters. The number of hydrogen-bond donors (Lipinski definition) is 1. The summed E-state index contributed by atoms with van der Waals surface area (Å²) in [6, 6.07) is 0.0531. The van der Waals surface area contributed by atoms with E-state index in [9.17, 15) is 9.90 Å². The van der Waals surface area contributed by atoms with Gasteiger partial charge in [-0.15, -0.1) is 10.2 Å². The summed E-state index contributed by atoms with van der Waals surface area (Å²) in [5.41, 5.74) is -0.774. The first-order chi connectivity index (χ1) is 12.1. The first kappa shape index (κ1) is 17.7. The van der Waals surface area contributed by atoms with Crippen LogP contribution in [0, 0.1) is 18.8 Å². The van der Waals surface area contributed by atoms with Crippen molar-refractivity contribution in [1.82, 2.24) is 15.1 Å². The van der Waals surface area contributed by atoms with Gasteiger partial charge in [0, 0.05) is 44.1 Å². The van der Waals surface area contributed by atoms with Gasteiger partial charge in [0.15, 0.2) is 4.34 Å². The van der Waals surface area contributed by atoms with Gasteiger partial charge in [0.1, 0.15) is 5.01 Å². The number of carbonyl (C=O) groups excluding carboxylic acids is 1. The van der Waals surface area contributed by atoms with Crippen LogP contribution in [0.2, 0.25) is 0 Å². The van der Waals surface area contributed by atoms with Crippen LogP contribution in [-0.4, -0.2) is 76.5 Å². The number of fused-ring (bicyclic) bond motifs is 3. The molecule has 0 aliphatic carbocycles. The summed E-state index contributed by atoms with van der Waals surface area (Å²) in [5, 5.41) is 20.2. The lowest BCUT2D eigenvalue weighted by Gasteiger charge is -2.57. The van der Waals surface area contributed by atoms with Crippen molar-refractivity contribution in [3.63, 3.8) is 0 Å². The molecule has 3 aliphatic heterocycles. The molecule has 7 nitrogen and oxygen atoms in total. The van der Waals surface area contributed by atoms with Gasteiger partial charge in [-0.1, -0.05) is 23.1 Å².